The molecular formula is C20H14Cl2N2S2. The Morgan fingerprint density at radius 1 is 1.04 bits per heavy atom. The SMILES string of the molecule is Cc1sc2ncnc(SCc3ccc(Cl)cc3Cl)c2c1-c1ccccc1. The molecule has 4 rings (SSSR count). The summed E-state index contributed by atoms with van der Waals surface area (Å²) in [5.74, 6) is 0.727. The molecule has 26 heavy (non-hydrogen) atoms. The normalized spacial score (nSPS) is 11.2. The number of rotatable bonds is 4. The average molecular weight is 417 g/mol. The standard InChI is InChI=1S/C20H14Cl2N2S2/c1-12-17(13-5-3-2-4-6-13)18-19(23-11-24-20(18)26-12)25-10-14-7-8-15(21)9-16(14)22/h2-9,11H,10H2,1H3. The van der Waals surface area contributed by atoms with Gasteiger partial charge in [-0.15, -0.1) is 23.1 Å². The van der Waals surface area contributed by atoms with Gasteiger partial charge < -0.3 is 0 Å². The molecule has 2 aromatic heterocycles. The van der Waals surface area contributed by atoms with Crippen molar-refractivity contribution in [2.24, 2.45) is 0 Å². The van der Waals surface area contributed by atoms with Crippen molar-refractivity contribution in [3.05, 3.63) is 75.3 Å². The molecule has 0 unspecified atom stereocenters. The molecule has 2 heterocycles. The highest BCUT2D eigenvalue weighted by molar-refractivity contribution is 7.98. The molecule has 0 fully saturated rings. The Labute approximate surface area is 170 Å². The number of aromatic nitrogens is 2. The maximum atomic E-state index is 6.32. The van der Waals surface area contributed by atoms with Gasteiger partial charge in [-0.3, -0.25) is 0 Å². The minimum Gasteiger partial charge on any atom is -0.229 e. The van der Waals surface area contributed by atoms with Crippen molar-refractivity contribution in [1.82, 2.24) is 9.97 Å². The number of hydrogen-bond acceptors (Lipinski definition) is 4. The van der Waals surface area contributed by atoms with Crippen molar-refractivity contribution in [2.45, 2.75) is 17.7 Å². The van der Waals surface area contributed by atoms with E-state index in [9.17, 15) is 0 Å². The largest absolute Gasteiger partial charge is 0.229 e. The van der Waals surface area contributed by atoms with Crippen molar-refractivity contribution in [3.63, 3.8) is 0 Å². The number of thiophene rings is 1. The maximum Gasteiger partial charge on any atom is 0.128 e. The van der Waals surface area contributed by atoms with E-state index >= 15 is 0 Å². The molecule has 0 bridgehead atoms. The Morgan fingerprint density at radius 2 is 1.85 bits per heavy atom. The molecule has 0 saturated carbocycles. The fourth-order valence-corrected chi connectivity index (χ4v) is 5.50. The van der Waals surface area contributed by atoms with Crippen LogP contribution in [0, 0.1) is 6.92 Å². The molecule has 0 radical (unpaired) electrons. The lowest BCUT2D eigenvalue weighted by Gasteiger charge is -2.07. The van der Waals surface area contributed by atoms with Gasteiger partial charge in [0.25, 0.3) is 0 Å². The van der Waals surface area contributed by atoms with E-state index in [2.05, 4.69) is 41.2 Å². The van der Waals surface area contributed by atoms with Crippen LogP contribution >= 0.6 is 46.3 Å². The van der Waals surface area contributed by atoms with E-state index < -0.39 is 0 Å². The van der Waals surface area contributed by atoms with E-state index in [4.69, 9.17) is 23.2 Å². The van der Waals surface area contributed by atoms with Crippen LogP contribution in [0.5, 0.6) is 0 Å². The highest BCUT2D eigenvalue weighted by Gasteiger charge is 2.17. The molecular weight excluding hydrogens is 403 g/mol. The third kappa shape index (κ3) is 3.47. The van der Waals surface area contributed by atoms with E-state index in [1.807, 2.05) is 18.2 Å². The van der Waals surface area contributed by atoms with Gasteiger partial charge in [0.2, 0.25) is 0 Å². The maximum absolute atomic E-state index is 6.32. The van der Waals surface area contributed by atoms with Crippen LogP contribution in [0.3, 0.4) is 0 Å². The summed E-state index contributed by atoms with van der Waals surface area (Å²) in [5, 5.41) is 3.42. The minimum absolute atomic E-state index is 0.646. The molecule has 2 nitrogen and oxygen atoms in total. The molecule has 0 amide bonds. The number of nitrogens with zero attached hydrogens (tertiary/aromatic N) is 2. The van der Waals surface area contributed by atoms with Crippen molar-refractivity contribution >= 4 is 56.5 Å². The zero-order valence-electron chi connectivity index (χ0n) is 13.9. The summed E-state index contributed by atoms with van der Waals surface area (Å²) in [6, 6.07) is 16.0. The summed E-state index contributed by atoms with van der Waals surface area (Å²) in [5.41, 5.74) is 3.45. The lowest BCUT2D eigenvalue weighted by atomic mass is 10.0. The molecule has 130 valence electrons. The molecule has 4 aromatic rings. The molecule has 0 spiro atoms. The summed E-state index contributed by atoms with van der Waals surface area (Å²) in [6.07, 6.45) is 1.64. The predicted molar refractivity (Wildman–Crippen MR) is 114 cm³/mol. The van der Waals surface area contributed by atoms with Crippen LogP contribution in [0.1, 0.15) is 10.4 Å². The van der Waals surface area contributed by atoms with Gasteiger partial charge in [-0.2, -0.15) is 0 Å². The summed E-state index contributed by atoms with van der Waals surface area (Å²) in [7, 11) is 0. The molecule has 0 aliphatic heterocycles. The van der Waals surface area contributed by atoms with E-state index in [1.165, 1.54) is 16.0 Å². The van der Waals surface area contributed by atoms with E-state index in [1.54, 1.807) is 35.5 Å². The first-order valence-electron chi connectivity index (χ1n) is 7.99. The zero-order chi connectivity index (χ0) is 18.1. The van der Waals surface area contributed by atoms with Crippen LogP contribution in [0.2, 0.25) is 10.0 Å². The van der Waals surface area contributed by atoms with Crippen LogP contribution in [0.15, 0.2) is 59.9 Å². The first-order valence-corrected chi connectivity index (χ1v) is 10.6. The molecule has 0 saturated heterocycles. The Bertz CT molecular complexity index is 1080. The fraction of sp³-hybridized carbons (Fsp3) is 0.100. The van der Waals surface area contributed by atoms with Crippen molar-refractivity contribution in [1.29, 1.82) is 0 Å². The molecule has 0 aliphatic carbocycles. The number of halogens is 2. The summed E-state index contributed by atoms with van der Waals surface area (Å²) in [6.45, 7) is 2.14. The van der Waals surface area contributed by atoms with Crippen LogP contribution in [-0.4, -0.2) is 9.97 Å². The second kappa shape index (κ2) is 7.57. The van der Waals surface area contributed by atoms with Gasteiger partial charge in [-0.05, 0) is 30.2 Å². The first-order chi connectivity index (χ1) is 12.6. The van der Waals surface area contributed by atoms with E-state index in [0.717, 1.165) is 26.6 Å². The number of benzene rings is 2. The van der Waals surface area contributed by atoms with Crippen molar-refractivity contribution in [2.75, 3.05) is 0 Å². The smallest absolute Gasteiger partial charge is 0.128 e. The van der Waals surface area contributed by atoms with Gasteiger partial charge >= 0.3 is 0 Å². The second-order valence-corrected chi connectivity index (χ2v) is 8.79. The van der Waals surface area contributed by atoms with E-state index in [-0.39, 0.29) is 0 Å². The summed E-state index contributed by atoms with van der Waals surface area (Å²) >= 11 is 15.7. The lowest BCUT2D eigenvalue weighted by Crippen LogP contribution is -1.88. The molecule has 6 heteroatoms. The predicted octanol–water partition coefficient (Wildman–Crippen LogP) is 7.27. The average Bonchev–Trinajstić information content (AvgIpc) is 2.98. The third-order valence-corrected chi connectivity index (χ3v) is 6.71. The van der Waals surface area contributed by atoms with Crippen LogP contribution in [-0.2, 0) is 5.75 Å². The molecule has 0 N–H and O–H groups in total. The lowest BCUT2D eigenvalue weighted by molar-refractivity contribution is 1.11. The Kier molecular flexibility index (Phi) is 5.18. The Hall–Kier alpha value is -1.59. The van der Waals surface area contributed by atoms with Gasteiger partial charge in [-0.25, -0.2) is 9.97 Å². The monoisotopic (exact) mass is 416 g/mol. The summed E-state index contributed by atoms with van der Waals surface area (Å²) in [4.78, 5) is 11.3. The van der Waals surface area contributed by atoms with Crippen LogP contribution in [0.25, 0.3) is 21.3 Å². The van der Waals surface area contributed by atoms with Gasteiger partial charge in [0.05, 0.1) is 5.39 Å². The van der Waals surface area contributed by atoms with Crippen molar-refractivity contribution in [3.8, 4) is 11.1 Å². The number of fused-ring (bicyclic) bond motifs is 1. The summed E-state index contributed by atoms with van der Waals surface area (Å²) < 4.78 is 0. The first kappa shape index (κ1) is 17.8. The zero-order valence-corrected chi connectivity index (χ0v) is 17.0. The van der Waals surface area contributed by atoms with Crippen molar-refractivity contribution < 1.29 is 0 Å². The fourth-order valence-electron chi connectivity index (χ4n) is 2.86. The Morgan fingerprint density at radius 3 is 2.62 bits per heavy atom. The molecule has 0 aliphatic rings. The van der Waals surface area contributed by atoms with Crippen LogP contribution < -0.4 is 0 Å². The second-order valence-electron chi connectivity index (χ2n) is 5.78. The number of aryl methyl sites for hydroxylation is 1. The van der Waals surface area contributed by atoms with Gasteiger partial charge in [0.1, 0.15) is 16.2 Å². The highest BCUT2D eigenvalue weighted by Crippen LogP contribution is 2.42. The topological polar surface area (TPSA) is 25.8 Å². The minimum atomic E-state index is 0.646. The number of hydrogen-bond donors (Lipinski definition) is 0. The van der Waals surface area contributed by atoms with Gasteiger partial charge in [-0.1, -0.05) is 59.6 Å². The highest BCUT2D eigenvalue weighted by atomic mass is 35.5. The molecule has 0 atom stereocenters. The Balaban J connectivity index is 1.76. The van der Waals surface area contributed by atoms with Gasteiger partial charge in [0, 0.05) is 26.2 Å². The number of thioether (sulfide) groups is 1. The van der Waals surface area contributed by atoms with Crippen LogP contribution in [0.4, 0.5) is 0 Å². The van der Waals surface area contributed by atoms with E-state index in [0.29, 0.717) is 10.0 Å². The van der Waals surface area contributed by atoms with Gasteiger partial charge in [0.15, 0.2) is 0 Å². The molecule has 2 aromatic carbocycles. The quantitative estimate of drug-likeness (QED) is 0.258. The third-order valence-electron chi connectivity index (χ3n) is 4.07.